The number of rotatable bonds is 60. The number of carbonyl (C=O) groups is 1. The summed E-state index contributed by atoms with van der Waals surface area (Å²) in [4.78, 5) is 25.6. The molecule has 1 amide bonds. The fraction of sp³-hybridized carbons (Fsp3) is 0.757. The quantitative estimate of drug-likeness (QED) is 0.0272. The molecule has 0 heterocycles. The first-order chi connectivity index (χ1) is 38.5. The van der Waals surface area contributed by atoms with Gasteiger partial charge in [0, 0.05) is 6.42 Å². The van der Waals surface area contributed by atoms with Crippen molar-refractivity contribution in [1.29, 1.82) is 0 Å². The van der Waals surface area contributed by atoms with Gasteiger partial charge >= 0.3 is 0 Å². The van der Waals surface area contributed by atoms with Crippen LogP contribution >= 0.6 is 7.82 Å². The lowest BCUT2D eigenvalue weighted by Gasteiger charge is -2.29. The highest BCUT2D eigenvalue weighted by molar-refractivity contribution is 7.45. The maximum Gasteiger partial charge on any atom is 0.268 e. The van der Waals surface area contributed by atoms with E-state index in [4.69, 9.17) is 9.05 Å². The first-order valence-electron chi connectivity index (χ1n) is 33.1. The molecule has 3 unspecified atom stereocenters. The lowest BCUT2D eigenvalue weighted by molar-refractivity contribution is -0.870. The minimum absolute atomic E-state index is 0.00317. The van der Waals surface area contributed by atoms with E-state index in [0.717, 1.165) is 83.5 Å². The minimum Gasteiger partial charge on any atom is -0.756 e. The Bertz CT molecular complexity index is 1610. The smallest absolute Gasteiger partial charge is 0.268 e. The molecule has 0 fully saturated rings. The Hall–Kier alpha value is -2.58. The second-order valence-electron chi connectivity index (χ2n) is 23.4. The van der Waals surface area contributed by atoms with Crippen LogP contribution in [0.2, 0.25) is 0 Å². The molecule has 0 saturated heterocycles. The number of phosphoric ester groups is 1. The van der Waals surface area contributed by atoms with Gasteiger partial charge in [0.05, 0.1) is 39.9 Å². The van der Waals surface area contributed by atoms with Gasteiger partial charge < -0.3 is 28.8 Å². The van der Waals surface area contributed by atoms with E-state index >= 15 is 0 Å². The highest BCUT2D eigenvalue weighted by atomic mass is 31.2. The standard InChI is InChI=1S/C70H127N2O6P/c1-6-8-10-12-14-16-18-20-22-24-26-28-29-30-31-32-33-34-35-36-37-38-39-40-41-42-43-44-46-48-50-52-54-56-58-60-62-64-70(74)71-68(67-78-79(75,76)77-66-65-72(3,4)5)69(73)63-61-59-57-55-53-51-49-47-45-27-25-23-21-19-17-15-13-11-9-7-2/h8,10,14,16,20,22,26,28,30-31,33-34,36-37,61,63,68-69,73H,6-7,9,11-13,15,17-19,21,23-25,27,29,32,35,38-60,62,64-67H2,1-5H3,(H-,71,74,75,76)/b10-8-,16-14-,22-20-,28-26-,31-30-,34-33-,37-36-,63-61+. The zero-order valence-electron chi connectivity index (χ0n) is 52.3. The number of hydrogen-bond acceptors (Lipinski definition) is 6. The Morgan fingerprint density at radius 1 is 0.456 bits per heavy atom. The number of carbonyl (C=O) groups excluding carboxylic acids is 1. The summed E-state index contributed by atoms with van der Waals surface area (Å²) in [6, 6.07) is -0.892. The average Bonchev–Trinajstić information content (AvgIpc) is 3.42. The normalized spacial score (nSPS) is 14.4. The van der Waals surface area contributed by atoms with E-state index < -0.39 is 20.0 Å². The summed E-state index contributed by atoms with van der Waals surface area (Å²) in [6.07, 6.45) is 86.5. The summed E-state index contributed by atoms with van der Waals surface area (Å²) in [5, 5.41) is 13.9. The summed E-state index contributed by atoms with van der Waals surface area (Å²) in [5.41, 5.74) is 0. The summed E-state index contributed by atoms with van der Waals surface area (Å²) < 4.78 is 23.4. The molecule has 8 nitrogen and oxygen atoms in total. The van der Waals surface area contributed by atoms with Gasteiger partial charge in [0.1, 0.15) is 13.2 Å². The Labute approximate surface area is 489 Å². The number of amides is 1. The second kappa shape index (κ2) is 60.0. The van der Waals surface area contributed by atoms with Crippen molar-refractivity contribution >= 4 is 13.7 Å². The SMILES string of the molecule is CC/C=C\C/C=C\C/C=C\C/C=C\C/C=C\C/C=C\C/C=C\CCCCCCCCCCCCCCCCCC(=O)NC(COP(=O)([O-])OCC[N+](C)(C)C)C(O)/C=C/CCCCCCCCCCCCCCCCCCCC. The van der Waals surface area contributed by atoms with Crippen LogP contribution in [-0.2, 0) is 18.4 Å². The van der Waals surface area contributed by atoms with Crippen LogP contribution in [0.1, 0.15) is 290 Å². The van der Waals surface area contributed by atoms with Crippen LogP contribution in [0.15, 0.2) is 97.2 Å². The number of aliphatic hydroxyl groups excluding tert-OH is 1. The number of aliphatic hydroxyl groups is 1. The maximum absolute atomic E-state index is 13.0. The number of nitrogens with zero attached hydrogens (tertiary/aromatic N) is 1. The molecule has 0 aromatic heterocycles. The molecule has 3 atom stereocenters. The molecule has 9 heteroatoms. The highest BCUT2D eigenvalue weighted by Gasteiger charge is 2.23. The molecule has 458 valence electrons. The van der Waals surface area contributed by atoms with Crippen LogP contribution in [0.5, 0.6) is 0 Å². The van der Waals surface area contributed by atoms with Crippen molar-refractivity contribution in [3.8, 4) is 0 Å². The number of likely N-dealkylation sites (N-methyl/N-ethyl adjacent to an activating group) is 1. The summed E-state index contributed by atoms with van der Waals surface area (Å²) in [7, 11) is 1.26. The van der Waals surface area contributed by atoms with Crippen molar-refractivity contribution in [3.05, 3.63) is 97.2 Å². The molecule has 0 aromatic carbocycles. The second-order valence-corrected chi connectivity index (χ2v) is 24.9. The van der Waals surface area contributed by atoms with Crippen molar-refractivity contribution in [2.45, 2.75) is 302 Å². The van der Waals surface area contributed by atoms with Crippen LogP contribution in [0.25, 0.3) is 0 Å². The number of allylic oxidation sites excluding steroid dienone is 15. The molecule has 0 bridgehead atoms. The number of unbranched alkanes of at least 4 members (excludes halogenated alkanes) is 33. The molecule has 0 rings (SSSR count). The Morgan fingerprint density at radius 2 is 0.772 bits per heavy atom. The van der Waals surface area contributed by atoms with E-state index in [9.17, 15) is 19.4 Å². The molecule has 0 aliphatic heterocycles. The monoisotopic (exact) mass is 1120 g/mol. The Kier molecular flexibility index (Phi) is 58.1. The molecule has 0 aliphatic carbocycles. The van der Waals surface area contributed by atoms with Crippen LogP contribution in [0, 0.1) is 0 Å². The highest BCUT2D eigenvalue weighted by Crippen LogP contribution is 2.38. The largest absolute Gasteiger partial charge is 0.756 e. The topological polar surface area (TPSA) is 108 Å². The van der Waals surface area contributed by atoms with Crippen molar-refractivity contribution in [2.24, 2.45) is 0 Å². The van der Waals surface area contributed by atoms with E-state index in [1.165, 1.54) is 186 Å². The van der Waals surface area contributed by atoms with E-state index in [-0.39, 0.29) is 19.1 Å². The summed E-state index contributed by atoms with van der Waals surface area (Å²) in [6.45, 7) is 4.56. The zero-order valence-corrected chi connectivity index (χ0v) is 53.2. The summed E-state index contributed by atoms with van der Waals surface area (Å²) in [5.74, 6) is -0.197. The van der Waals surface area contributed by atoms with E-state index in [1.54, 1.807) is 6.08 Å². The van der Waals surface area contributed by atoms with Gasteiger partial charge in [-0.3, -0.25) is 9.36 Å². The molecule has 0 radical (unpaired) electrons. The van der Waals surface area contributed by atoms with Crippen molar-refractivity contribution < 1.29 is 32.9 Å². The van der Waals surface area contributed by atoms with Gasteiger partial charge in [-0.05, 0) is 77.0 Å². The molecular weight excluding hydrogens is 996 g/mol. The first kappa shape index (κ1) is 76.4. The molecular formula is C70H127N2O6P. The van der Waals surface area contributed by atoms with Crippen LogP contribution in [0.4, 0.5) is 0 Å². The molecule has 0 aromatic rings. The van der Waals surface area contributed by atoms with Gasteiger partial charge in [0.25, 0.3) is 7.82 Å². The van der Waals surface area contributed by atoms with Crippen molar-refractivity contribution in [2.75, 3.05) is 40.9 Å². The lowest BCUT2D eigenvalue weighted by Crippen LogP contribution is -2.45. The fourth-order valence-electron chi connectivity index (χ4n) is 9.43. The maximum atomic E-state index is 13.0. The average molecular weight is 1120 g/mol. The molecule has 79 heavy (non-hydrogen) atoms. The molecule has 0 aliphatic rings. The van der Waals surface area contributed by atoms with E-state index in [1.807, 2.05) is 27.2 Å². The number of hydrogen-bond donors (Lipinski definition) is 2. The third kappa shape index (κ3) is 62.9. The Morgan fingerprint density at radius 3 is 1.13 bits per heavy atom. The first-order valence-corrected chi connectivity index (χ1v) is 34.6. The predicted molar refractivity (Wildman–Crippen MR) is 343 cm³/mol. The lowest BCUT2D eigenvalue weighted by atomic mass is 10.0. The van der Waals surface area contributed by atoms with E-state index in [2.05, 4.69) is 104 Å². The number of nitrogens with one attached hydrogen (secondary N) is 1. The number of quaternary nitrogens is 1. The van der Waals surface area contributed by atoms with Crippen LogP contribution in [0.3, 0.4) is 0 Å². The minimum atomic E-state index is -4.60. The molecule has 0 spiro atoms. The van der Waals surface area contributed by atoms with Crippen molar-refractivity contribution in [1.82, 2.24) is 5.32 Å². The Balaban J connectivity index is 4.07. The van der Waals surface area contributed by atoms with Crippen LogP contribution in [-0.4, -0.2) is 68.5 Å². The number of phosphoric acid groups is 1. The third-order valence-corrected chi connectivity index (χ3v) is 15.5. The van der Waals surface area contributed by atoms with Gasteiger partial charge in [0.15, 0.2) is 0 Å². The fourth-order valence-corrected chi connectivity index (χ4v) is 10.2. The summed E-state index contributed by atoms with van der Waals surface area (Å²) >= 11 is 0. The van der Waals surface area contributed by atoms with Gasteiger partial charge in [-0.1, -0.05) is 304 Å². The zero-order chi connectivity index (χ0) is 57.7. The van der Waals surface area contributed by atoms with Crippen LogP contribution < -0.4 is 10.2 Å². The van der Waals surface area contributed by atoms with Crippen molar-refractivity contribution in [3.63, 3.8) is 0 Å². The molecule has 2 N–H and O–H groups in total. The predicted octanol–water partition coefficient (Wildman–Crippen LogP) is 20.3. The molecule has 0 saturated carbocycles. The van der Waals surface area contributed by atoms with Gasteiger partial charge in [-0.15, -0.1) is 0 Å². The van der Waals surface area contributed by atoms with Gasteiger partial charge in [-0.2, -0.15) is 0 Å². The van der Waals surface area contributed by atoms with E-state index in [0.29, 0.717) is 17.4 Å². The van der Waals surface area contributed by atoms with Gasteiger partial charge in [0.2, 0.25) is 5.91 Å². The third-order valence-electron chi connectivity index (χ3n) is 14.5. The van der Waals surface area contributed by atoms with Gasteiger partial charge in [-0.25, -0.2) is 0 Å².